The molecule has 4 heteroatoms. The molecule has 0 aliphatic carbocycles. The molecule has 1 aliphatic rings. The molecule has 0 aromatic heterocycles. The number of rotatable bonds is 4. The van der Waals surface area contributed by atoms with E-state index in [-0.39, 0.29) is 5.91 Å². The number of carbonyl (C=O) groups excluding carboxylic acids is 1. The van der Waals surface area contributed by atoms with Crippen molar-refractivity contribution in [2.75, 3.05) is 11.9 Å². The lowest BCUT2D eigenvalue weighted by molar-refractivity contribution is -0.120. The normalized spacial score (nSPS) is 20.3. The molecule has 1 aromatic rings. The molecule has 0 saturated carbocycles. The molecular weight excluding hydrogens is 262 g/mol. The van der Waals surface area contributed by atoms with Crippen molar-refractivity contribution >= 4 is 11.6 Å². The summed E-state index contributed by atoms with van der Waals surface area (Å²) in [4.78, 5) is 14.4. The molecule has 1 fully saturated rings. The van der Waals surface area contributed by atoms with Crippen LogP contribution in [0.25, 0.3) is 0 Å². The van der Waals surface area contributed by atoms with E-state index in [2.05, 4.69) is 29.3 Å². The maximum atomic E-state index is 11.8. The van der Waals surface area contributed by atoms with Crippen LogP contribution in [0.5, 0.6) is 0 Å². The number of anilines is 1. The van der Waals surface area contributed by atoms with Crippen LogP contribution in [0.3, 0.4) is 0 Å². The molecule has 1 saturated heterocycles. The summed E-state index contributed by atoms with van der Waals surface area (Å²) in [6.07, 6.45) is 3.93. The average Bonchev–Trinajstić information content (AvgIpc) is 2.42. The summed E-state index contributed by atoms with van der Waals surface area (Å²) in [5.41, 5.74) is 7.00. The fourth-order valence-electron chi connectivity index (χ4n) is 2.61. The van der Waals surface area contributed by atoms with Crippen molar-refractivity contribution in [3.05, 3.63) is 29.8 Å². The van der Waals surface area contributed by atoms with Crippen LogP contribution in [0, 0.1) is 0 Å². The molecule has 2 rings (SSSR count). The number of amides is 1. The van der Waals surface area contributed by atoms with E-state index in [4.69, 9.17) is 5.73 Å². The van der Waals surface area contributed by atoms with Crippen molar-refractivity contribution in [3.8, 4) is 0 Å². The minimum atomic E-state index is -0.859. The van der Waals surface area contributed by atoms with E-state index in [9.17, 15) is 4.79 Å². The smallest absolute Gasteiger partial charge is 0.243 e. The van der Waals surface area contributed by atoms with Gasteiger partial charge in [0.2, 0.25) is 5.91 Å². The Balaban J connectivity index is 1.94. The monoisotopic (exact) mass is 289 g/mol. The van der Waals surface area contributed by atoms with Crippen molar-refractivity contribution in [2.24, 2.45) is 5.73 Å². The van der Waals surface area contributed by atoms with Gasteiger partial charge in [0.1, 0.15) is 0 Å². The number of hydrogen-bond donors (Lipinski definition) is 2. The van der Waals surface area contributed by atoms with Crippen LogP contribution < -0.4 is 11.1 Å². The maximum absolute atomic E-state index is 11.8. The van der Waals surface area contributed by atoms with Gasteiger partial charge >= 0.3 is 0 Å². The first-order valence-corrected chi connectivity index (χ1v) is 7.79. The average molecular weight is 289 g/mol. The quantitative estimate of drug-likeness (QED) is 0.896. The zero-order valence-corrected chi connectivity index (χ0v) is 13.4. The van der Waals surface area contributed by atoms with E-state index in [1.165, 1.54) is 31.4 Å². The zero-order chi connectivity index (χ0) is 15.5. The Morgan fingerprint density at radius 1 is 1.33 bits per heavy atom. The van der Waals surface area contributed by atoms with Gasteiger partial charge in [-0.05, 0) is 57.9 Å². The van der Waals surface area contributed by atoms with Crippen LogP contribution >= 0.6 is 0 Å². The molecule has 1 amide bonds. The minimum absolute atomic E-state index is 0.167. The van der Waals surface area contributed by atoms with Gasteiger partial charge in [-0.1, -0.05) is 18.6 Å². The Bertz CT molecular complexity index is 476. The number of nitrogens with one attached hydrogen (secondary N) is 1. The van der Waals surface area contributed by atoms with Crippen LogP contribution in [0.4, 0.5) is 5.69 Å². The number of nitrogens with zero attached hydrogens (tertiary/aromatic N) is 1. The fourth-order valence-corrected chi connectivity index (χ4v) is 2.61. The van der Waals surface area contributed by atoms with Crippen molar-refractivity contribution in [1.82, 2.24) is 4.90 Å². The van der Waals surface area contributed by atoms with Gasteiger partial charge < -0.3 is 11.1 Å². The Kier molecular flexibility index (Phi) is 5.01. The third kappa shape index (κ3) is 4.55. The van der Waals surface area contributed by atoms with Crippen LogP contribution in [-0.4, -0.2) is 28.9 Å². The topological polar surface area (TPSA) is 58.4 Å². The van der Waals surface area contributed by atoms with Crippen LogP contribution in [0.15, 0.2) is 24.3 Å². The van der Waals surface area contributed by atoms with Gasteiger partial charge in [0.25, 0.3) is 0 Å². The van der Waals surface area contributed by atoms with Crippen LogP contribution in [0.2, 0.25) is 0 Å². The summed E-state index contributed by atoms with van der Waals surface area (Å²) in [7, 11) is 0. The van der Waals surface area contributed by atoms with E-state index in [1.54, 1.807) is 13.8 Å². The lowest BCUT2D eigenvalue weighted by Crippen LogP contribution is -2.45. The van der Waals surface area contributed by atoms with E-state index in [0.717, 1.165) is 12.2 Å². The predicted octanol–water partition coefficient (Wildman–Crippen LogP) is 2.74. The van der Waals surface area contributed by atoms with Crippen LogP contribution in [0.1, 0.15) is 45.6 Å². The molecule has 0 radical (unpaired) electrons. The van der Waals surface area contributed by atoms with Crippen molar-refractivity contribution in [1.29, 1.82) is 0 Å². The summed E-state index contributed by atoms with van der Waals surface area (Å²) in [6, 6.07) is 8.73. The largest absolute Gasteiger partial charge is 0.325 e. The highest BCUT2D eigenvalue weighted by Crippen LogP contribution is 2.20. The molecule has 4 nitrogen and oxygen atoms in total. The Morgan fingerprint density at radius 2 is 2.00 bits per heavy atom. The molecule has 1 aromatic carbocycles. The molecule has 1 unspecified atom stereocenters. The number of hydrogen-bond acceptors (Lipinski definition) is 3. The molecule has 1 atom stereocenters. The van der Waals surface area contributed by atoms with Crippen LogP contribution in [-0.2, 0) is 11.3 Å². The fraction of sp³-hybridized carbons (Fsp3) is 0.588. The van der Waals surface area contributed by atoms with Gasteiger partial charge in [0.05, 0.1) is 5.54 Å². The molecule has 21 heavy (non-hydrogen) atoms. The first-order valence-electron chi connectivity index (χ1n) is 7.79. The van der Waals surface area contributed by atoms with Gasteiger partial charge in [0, 0.05) is 18.3 Å². The summed E-state index contributed by atoms with van der Waals surface area (Å²) >= 11 is 0. The number of benzene rings is 1. The lowest BCUT2D eigenvalue weighted by atomic mass is 10.0. The Hall–Kier alpha value is -1.39. The maximum Gasteiger partial charge on any atom is 0.243 e. The number of piperidine rings is 1. The summed E-state index contributed by atoms with van der Waals surface area (Å²) in [5, 5.41) is 2.84. The molecule has 0 spiro atoms. The van der Waals surface area contributed by atoms with Gasteiger partial charge in [-0.3, -0.25) is 9.69 Å². The second-order valence-corrected chi connectivity index (χ2v) is 6.69. The minimum Gasteiger partial charge on any atom is -0.325 e. The SMILES string of the molecule is CC1CCCCN1Cc1ccc(NC(=O)C(C)(C)N)cc1. The summed E-state index contributed by atoms with van der Waals surface area (Å²) in [5.74, 6) is -0.167. The van der Waals surface area contributed by atoms with Crippen molar-refractivity contribution < 1.29 is 4.79 Å². The highest BCUT2D eigenvalue weighted by Gasteiger charge is 2.22. The van der Waals surface area contributed by atoms with Crippen molar-refractivity contribution in [2.45, 2.75) is 58.2 Å². The second kappa shape index (κ2) is 6.58. The molecule has 1 aliphatic heterocycles. The first kappa shape index (κ1) is 16.0. The van der Waals surface area contributed by atoms with Gasteiger partial charge in [0.15, 0.2) is 0 Å². The number of likely N-dealkylation sites (tertiary alicyclic amines) is 1. The standard InChI is InChI=1S/C17H27N3O/c1-13-6-4-5-11-20(13)12-14-7-9-15(10-8-14)19-16(21)17(2,3)18/h7-10,13H,4-6,11-12,18H2,1-3H3,(H,19,21). The van der Waals surface area contributed by atoms with E-state index < -0.39 is 5.54 Å². The van der Waals surface area contributed by atoms with E-state index in [1.807, 2.05) is 12.1 Å². The van der Waals surface area contributed by atoms with Crippen molar-refractivity contribution in [3.63, 3.8) is 0 Å². The molecule has 1 heterocycles. The zero-order valence-electron chi connectivity index (χ0n) is 13.4. The molecule has 116 valence electrons. The highest BCUT2D eigenvalue weighted by molar-refractivity contribution is 5.97. The summed E-state index contributed by atoms with van der Waals surface area (Å²) < 4.78 is 0. The molecular formula is C17H27N3O. The Morgan fingerprint density at radius 3 is 2.57 bits per heavy atom. The Labute approximate surface area is 127 Å². The molecule has 0 bridgehead atoms. The highest BCUT2D eigenvalue weighted by atomic mass is 16.2. The predicted molar refractivity (Wildman–Crippen MR) is 87.1 cm³/mol. The molecule has 3 N–H and O–H groups in total. The lowest BCUT2D eigenvalue weighted by Gasteiger charge is -2.33. The number of carbonyl (C=O) groups is 1. The first-order chi connectivity index (χ1) is 9.86. The number of nitrogens with two attached hydrogens (primary N) is 1. The van der Waals surface area contributed by atoms with Gasteiger partial charge in [-0.15, -0.1) is 0 Å². The third-order valence-corrected chi connectivity index (χ3v) is 4.12. The van der Waals surface area contributed by atoms with E-state index >= 15 is 0 Å². The summed E-state index contributed by atoms with van der Waals surface area (Å²) in [6.45, 7) is 7.87. The van der Waals surface area contributed by atoms with Gasteiger partial charge in [-0.25, -0.2) is 0 Å². The van der Waals surface area contributed by atoms with E-state index in [0.29, 0.717) is 6.04 Å². The third-order valence-electron chi connectivity index (χ3n) is 4.12. The van der Waals surface area contributed by atoms with Gasteiger partial charge in [-0.2, -0.15) is 0 Å². The second-order valence-electron chi connectivity index (χ2n) is 6.69.